The van der Waals surface area contributed by atoms with Gasteiger partial charge in [-0.15, -0.1) is 0 Å². The first-order chi connectivity index (χ1) is 7.50. The number of hydrogen-bond donors (Lipinski definition) is 0. The van der Waals surface area contributed by atoms with Gasteiger partial charge in [-0.3, -0.25) is 0 Å². The highest BCUT2D eigenvalue weighted by Crippen LogP contribution is 2.15. The first-order valence-electron chi connectivity index (χ1n) is 6.12. The van der Waals surface area contributed by atoms with Crippen LogP contribution in [0.4, 0.5) is 0 Å². The van der Waals surface area contributed by atoms with Gasteiger partial charge < -0.3 is 0 Å². The summed E-state index contributed by atoms with van der Waals surface area (Å²) < 4.78 is 51.5. The van der Waals surface area contributed by atoms with Crippen molar-refractivity contribution in [1.82, 2.24) is 4.98 Å². The Bertz CT molecular complexity index is 397. The molecule has 0 aliphatic heterocycles. The summed E-state index contributed by atoms with van der Waals surface area (Å²) in [6.07, 6.45) is 1.18. The summed E-state index contributed by atoms with van der Waals surface area (Å²) in [5, 5.41) is -0.0485. The Morgan fingerprint density at radius 2 is 2.60 bits per heavy atom. The minimum atomic E-state index is -3.00. The fourth-order valence-electron chi connectivity index (χ4n) is 0.558. The Kier molecular flexibility index (Phi) is 0.751. The van der Waals surface area contributed by atoms with Crippen molar-refractivity contribution in [2.75, 3.05) is 0 Å². The molecule has 0 aliphatic rings. The largest absolute Gasteiger partial charge is 0.245 e. The molecule has 0 amide bonds. The molecule has 0 atom stereocenters. The van der Waals surface area contributed by atoms with Crippen LogP contribution in [0, 0.1) is 0 Å². The summed E-state index contributed by atoms with van der Waals surface area (Å²) in [7, 11) is 0. The third-order valence-electron chi connectivity index (χ3n) is 1.02. The second-order valence-corrected chi connectivity index (χ2v) is 2.13. The second-order valence-electron chi connectivity index (χ2n) is 1.74. The van der Waals surface area contributed by atoms with Crippen molar-refractivity contribution >= 4 is 11.6 Å². The van der Waals surface area contributed by atoms with E-state index in [1.165, 1.54) is 12.3 Å². The first-order valence-corrected chi connectivity index (χ1v) is 3.00. The minimum Gasteiger partial charge on any atom is -0.245 e. The summed E-state index contributed by atoms with van der Waals surface area (Å²) in [6.45, 7) is -5.99. The van der Waals surface area contributed by atoms with Crippen molar-refractivity contribution in [2.24, 2.45) is 0 Å². The van der Waals surface area contributed by atoms with Crippen LogP contribution in [0.3, 0.4) is 0 Å². The Morgan fingerprint density at radius 3 is 3.20 bits per heavy atom. The van der Waals surface area contributed by atoms with Gasteiger partial charge in [-0.25, -0.2) is 4.98 Å². The predicted octanol–water partition coefficient (Wildman–Crippen LogP) is 2.86. The van der Waals surface area contributed by atoms with Gasteiger partial charge >= 0.3 is 0 Å². The lowest BCUT2D eigenvalue weighted by Gasteiger charge is -2.02. The molecule has 0 spiro atoms. The molecule has 1 heterocycles. The number of nitrogens with zero attached hydrogens (tertiary/aromatic N) is 1. The van der Waals surface area contributed by atoms with Crippen LogP contribution in [-0.2, 0) is 0 Å². The Hall–Kier alpha value is -0.560. The number of pyridine rings is 1. The zero-order chi connectivity index (χ0) is 13.5. The topological polar surface area (TPSA) is 12.9 Å². The van der Waals surface area contributed by atoms with Crippen molar-refractivity contribution in [3.05, 3.63) is 29.0 Å². The summed E-state index contributed by atoms with van der Waals surface area (Å²) >= 11 is 5.59. The average Bonchev–Trinajstić information content (AvgIpc) is 2.12. The molecule has 0 radical (unpaired) electrons. The van der Waals surface area contributed by atoms with E-state index in [-0.39, 0.29) is 10.7 Å². The maximum absolute atomic E-state index is 7.85. The molecule has 54 valence electrons. The molecule has 0 unspecified atom stereocenters. The van der Waals surface area contributed by atoms with Crippen molar-refractivity contribution in [3.63, 3.8) is 0 Å². The lowest BCUT2D eigenvalue weighted by Crippen LogP contribution is -1.86. The normalized spacial score (nSPS) is 24.3. The fourth-order valence-corrected chi connectivity index (χ4v) is 0.732. The van der Waals surface area contributed by atoms with Crippen LogP contribution in [0.25, 0.3) is 0 Å². The summed E-state index contributed by atoms with van der Waals surface area (Å²) in [6, 6.07) is 2.27. The Balaban J connectivity index is 3.46. The highest BCUT2D eigenvalue weighted by molar-refractivity contribution is 6.29. The van der Waals surface area contributed by atoms with E-state index >= 15 is 0 Å². The molecule has 0 N–H and O–H groups in total. The number of hydrogen-bond acceptors (Lipinski definition) is 1. The highest BCUT2D eigenvalue weighted by Gasteiger charge is 1.97. The lowest BCUT2D eigenvalue weighted by molar-refractivity contribution is 0.863. The molecule has 1 aromatic heterocycles. The van der Waals surface area contributed by atoms with E-state index in [4.69, 9.17) is 21.2 Å². The van der Waals surface area contributed by atoms with Crippen LogP contribution in [0.2, 0.25) is 5.15 Å². The van der Waals surface area contributed by atoms with Gasteiger partial charge in [-0.1, -0.05) is 25.3 Å². The maximum Gasteiger partial charge on any atom is 0.129 e. The standard InChI is InChI=1S/C8H10ClN/c1-6(2)7-3-4-10-8(9)5-7/h3-6H,1-2H3/i1D3,2D3,6D. The highest BCUT2D eigenvalue weighted by atomic mass is 35.5. The molecule has 0 bridgehead atoms. The lowest BCUT2D eigenvalue weighted by atomic mass is 10.1. The monoisotopic (exact) mass is 162 g/mol. The van der Waals surface area contributed by atoms with E-state index < -0.39 is 19.6 Å². The van der Waals surface area contributed by atoms with E-state index in [9.17, 15) is 0 Å². The number of halogens is 1. The first kappa shape index (κ1) is 2.49. The van der Waals surface area contributed by atoms with E-state index in [1.807, 2.05) is 0 Å². The van der Waals surface area contributed by atoms with Crippen molar-refractivity contribution < 1.29 is 9.60 Å². The van der Waals surface area contributed by atoms with Crippen LogP contribution >= 0.6 is 11.6 Å². The van der Waals surface area contributed by atoms with Crippen molar-refractivity contribution in [2.45, 2.75) is 19.6 Å². The Labute approximate surface area is 75.9 Å². The van der Waals surface area contributed by atoms with Crippen LogP contribution in [0.15, 0.2) is 18.3 Å². The van der Waals surface area contributed by atoms with Crippen molar-refractivity contribution in [1.29, 1.82) is 0 Å². The van der Waals surface area contributed by atoms with E-state index in [1.54, 1.807) is 0 Å². The molecule has 1 aromatic rings. The van der Waals surface area contributed by atoms with Gasteiger partial charge in [-0.05, 0) is 23.6 Å². The van der Waals surface area contributed by atoms with Gasteiger partial charge in [0.15, 0.2) is 0 Å². The van der Waals surface area contributed by atoms with Gasteiger partial charge in [-0.2, -0.15) is 0 Å². The molecule has 1 rings (SSSR count). The third-order valence-corrected chi connectivity index (χ3v) is 1.22. The molecule has 2 heteroatoms. The van der Waals surface area contributed by atoms with Gasteiger partial charge in [0.05, 0.1) is 0 Å². The molecule has 0 saturated heterocycles. The zero-order valence-corrected chi connectivity index (χ0v) is 5.81. The molecular weight excluding hydrogens is 146 g/mol. The molecule has 0 aromatic carbocycles. The van der Waals surface area contributed by atoms with Gasteiger partial charge in [0.25, 0.3) is 0 Å². The fraction of sp³-hybridized carbons (Fsp3) is 0.375. The van der Waals surface area contributed by atoms with Gasteiger partial charge in [0.2, 0.25) is 0 Å². The van der Waals surface area contributed by atoms with Gasteiger partial charge in [0, 0.05) is 15.8 Å². The molecule has 10 heavy (non-hydrogen) atoms. The van der Waals surface area contributed by atoms with Crippen LogP contribution in [0.5, 0.6) is 0 Å². The quantitative estimate of drug-likeness (QED) is 0.579. The molecule has 1 nitrogen and oxygen atoms in total. The summed E-state index contributed by atoms with van der Waals surface area (Å²) in [4.78, 5) is 3.63. The number of rotatable bonds is 1. The molecule has 0 fully saturated rings. The minimum absolute atomic E-state index is 0.0485. The van der Waals surface area contributed by atoms with E-state index in [0.717, 1.165) is 6.07 Å². The smallest absolute Gasteiger partial charge is 0.129 e. The summed E-state index contributed by atoms with van der Waals surface area (Å²) in [5.41, 5.74) is -0.197. The molecule has 0 aliphatic carbocycles. The zero-order valence-electron chi connectivity index (χ0n) is 12.1. The Morgan fingerprint density at radius 1 is 1.80 bits per heavy atom. The molecular formula is C8H10ClN. The maximum atomic E-state index is 7.85. The SMILES string of the molecule is [2H]C([2H])([2H])C([2H])(c1ccnc(Cl)c1)C([2H])([2H])[2H]. The van der Waals surface area contributed by atoms with E-state index in [2.05, 4.69) is 4.98 Å². The molecule has 0 saturated carbocycles. The van der Waals surface area contributed by atoms with Crippen LogP contribution < -0.4 is 0 Å². The number of aromatic nitrogens is 1. The van der Waals surface area contributed by atoms with Gasteiger partial charge in [0.1, 0.15) is 5.15 Å². The van der Waals surface area contributed by atoms with Crippen molar-refractivity contribution in [3.8, 4) is 0 Å². The van der Waals surface area contributed by atoms with Crippen LogP contribution in [0.1, 0.15) is 34.8 Å². The second kappa shape index (κ2) is 3.02. The third kappa shape index (κ3) is 1.71. The van der Waals surface area contributed by atoms with Crippen LogP contribution in [-0.4, -0.2) is 4.98 Å². The summed E-state index contributed by atoms with van der Waals surface area (Å²) in [5.74, 6) is -2.72. The van der Waals surface area contributed by atoms with E-state index in [0.29, 0.717) is 0 Å². The predicted molar refractivity (Wildman–Crippen MR) is 43.3 cm³/mol. The average molecular weight is 163 g/mol.